The summed E-state index contributed by atoms with van der Waals surface area (Å²) in [7, 11) is 0. The Morgan fingerprint density at radius 1 is 0.643 bits per heavy atom. The topological polar surface area (TPSA) is 59.8 Å². The summed E-state index contributed by atoms with van der Waals surface area (Å²) in [5.74, 6) is 3.64. The Bertz CT molecular complexity index is 4330. The number of aromatic nitrogens is 2. The van der Waals surface area contributed by atoms with Crippen LogP contribution in [0, 0.1) is 0 Å². The standard InChI is InChI=1S/C63H45N5OS/c1-37-17-14-30-52-56(37)59-53(69-52)35-40(36-63(59,2)68-49-28-12-8-22-42(49)47-33-38-18-6-7-19-39(38)34-51(47)68)60-64-61(66-62(65-60)46-26-16-32-55-58(46)44-24-10-13-31-54(44)70-55)45-25-15-29-50-57(45)43-23-9-11-27-48(43)67(50)41-20-4-3-5-21-41/h3-16,18-35,37,62H,17,36H2,1-2H3,(H,64,65,66). The van der Waals surface area contributed by atoms with Gasteiger partial charge in [-0.05, 0) is 96.8 Å². The molecule has 70 heavy (non-hydrogen) atoms. The Morgan fingerprint density at radius 3 is 2.23 bits per heavy atom. The molecule has 4 aromatic heterocycles. The summed E-state index contributed by atoms with van der Waals surface area (Å²) >= 11 is 1.83. The van der Waals surface area contributed by atoms with Crippen LogP contribution < -0.4 is 5.32 Å². The van der Waals surface area contributed by atoms with Crippen molar-refractivity contribution >= 4 is 110 Å². The zero-order valence-electron chi connectivity index (χ0n) is 38.6. The maximum Gasteiger partial charge on any atom is 0.160 e. The first-order chi connectivity index (χ1) is 34.5. The average molecular weight is 920 g/mol. The van der Waals surface area contributed by atoms with Crippen molar-refractivity contribution in [1.29, 1.82) is 0 Å². The van der Waals surface area contributed by atoms with E-state index in [4.69, 9.17) is 14.4 Å². The van der Waals surface area contributed by atoms with Gasteiger partial charge in [0.05, 0.1) is 22.1 Å². The van der Waals surface area contributed by atoms with Gasteiger partial charge in [-0.2, -0.15) is 0 Å². The Morgan fingerprint density at radius 2 is 1.36 bits per heavy atom. The Balaban J connectivity index is 0.993. The molecule has 334 valence electrons. The van der Waals surface area contributed by atoms with Gasteiger partial charge in [-0.3, -0.25) is 0 Å². The summed E-state index contributed by atoms with van der Waals surface area (Å²) in [4.78, 5) is 11.4. The van der Waals surface area contributed by atoms with Crippen molar-refractivity contribution in [3.63, 3.8) is 0 Å². The van der Waals surface area contributed by atoms with Gasteiger partial charge in [0.2, 0.25) is 0 Å². The second-order valence-corrected chi connectivity index (χ2v) is 20.6. The van der Waals surface area contributed by atoms with Crippen molar-refractivity contribution in [3.8, 4) is 5.69 Å². The van der Waals surface area contributed by atoms with Gasteiger partial charge in [0.25, 0.3) is 0 Å². The average Bonchev–Trinajstić information content (AvgIpc) is 4.16. The van der Waals surface area contributed by atoms with E-state index in [1.165, 1.54) is 63.9 Å². The molecule has 12 aromatic rings. The second-order valence-electron chi connectivity index (χ2n) is 19.5. The molecule has 0 spiro atoms. The maximum atomic E-state index is 7.09. The highest BCUT2D eigenvalue weighted by atomic mass is 32.1. The molecule has 0 radical (unpaired) electrons. The molecule has 0 saturated heterocycles. The fourth-order valence-electron chi connectivity index (χ4n) is 12.4. The third-order valence-electron chi connectivity index (χ3n) is 15.4. The fraction of sp³-hybridized carbons (Fsp3) is 0.111. The molecule has 2 aliphatic carbocycles. The Labute approximate surface area is 407 Å². The zero-order valence-corrected chi connectivity index (χ0v) is 39.5. The molecule has 0 saturated carbocycles. The molecule has 3 unspecified atom stereocenters. The van der Waals surface area contributed by atoms with Crippen molar-refractivity contribution in [2.75, 3.05) is 0 Å². The van der Waals surface area contributed by atoms with Crippen LogP contribution in [0.2, 0.25) is 0 Å². The third-order valence-corrected chi connectivity index (χ3v) is 16.5. The zero-order chi connectivity index (χ0) is 46.2. The predicted molar refractivity (Wildman–Crippen MR) is 293 cm³/mol. The number of rotatable bonds is 5. The lowest BCUT2D eigenvalue weighted by atomic mass is 9.74. The lowest BCUT2D eigenvalue weighted by Crippen LogP contribution is -2.40. The number of fused-ring (bicyclic) bond motifs is 13. The molecule has 8 aromatic carbocycles. The smallest absolute Gasteiger partial charge is 0.160 e. The van der Waals surface area contributed by atoms with Gasteiger partial charge in [0, 0.05) is 87.2 Å². The number of nitrogens with one attached hydrogen (secondary N) is 1. The second kappa shape index (κ2) is 14.9. The van der Waals surface area contributed by atoms with Gasteiger partial charge in [0.15, 0.2) is 5.84 Å². The highest BCUT2D eigenvalue weighted by molar-refractivity contribution is 7.25. The maximum absolute atomic E-state index is 7.09. The molecule has 1 aliphatic heterocycles. The van der Waals surface area contributed by atoms with E-state index in [1.54, 1.807) is 0 Å². The van der Waals surface area contributed by atoms with Crippen LogP contribution in [0.3, 0.4) is 0 Å². The number of benzene rings is 8. The van der Waals surface area contributed by atoms with Crippen LogP contribution in [0.4, 0.5) is 0 Å². The van der Waals surface area contributed by atoms with Crippen LogP contribution in [-0.2, 0) is 5.54 Å². The summed E-state index contributed by atoms with van der Waals surface area (Å²) in [6.45, 7) is 4.79. The van der Waals surface area contributed by atoms with Gasteiger partial charge in [-0.15, -0.1) is 11.3 Å². The van der Waals surface area contributed by atoms with Crippen LogP contribution in [0.25, 0.3) is 92.4 Å². The molecule has 0 amide bonds. The molecule has 0 fully saturated rings. The number of allylic oxidation sites excluding steroid dienone is 1. The van der Waals surface area contributed by atoms with Gasteiger partial charge in [0.1, 0.15) is 23.5 Å². The summed E-state index contributed by atoms with van der Waals surface area (Å²) in [5.41, 5.74) is 11.0. The van der Waals surface area contributed by atoms with Gasteiger partial charge >= 0.3 is 0 Å². The molecule has 6 nitrogen and oxygen atoms in total. The van der Waals surface area contributed by atoms with Crippen LogP contribution in [0.15, 0.2) is 202 Å². The first kappa shape index (κ1) is 39.7. The van der Waals surface area contributed by atoms with Crippen molar-refractivity contribution in [2.24, 2.45) is 9.98 Å². The van der Waals surface area contributed by atoms with E-state index in [0.29, 0.717) is 18.2 Å². The van der Waals surface area contributed by atoms with Gasteiger partial charge in [-0.1, -0.05) is 134 Å². The SMILES string of the molecule is CC1CC=Cc2oc3c(c21)C(C)(n1c2ccccc2c2cc4ccccc4cc21)CC(C1=NC(c2cccc4c2c2ccccc2n4-c2ccccc2)=NC(c2cccc4sc5ccccc5c24)N1)=C3. The largest absolute Gasteiger partial charge is 0.457 e. The molecule has 7 heteroatoms. The number of hydrogen-bond acceptors (Lipinski definition) is 5. The molecule has 15 rings (SSSR count). The number of nitrogens with zero attached hydrogens (tertiary/aromatic N) is 4. The summed E-state index contributed by atoms with van der Waals surface area (Å²) in [6, 6.07) is 63.9. The minimum Gasteiger partial charge on any atom is -0.457 e. The molecule has 5 heterocycles. The number of furan rings is 1. The normalized spacial score (nSPS) is 19.0. The van der Waals surface area contributed by atoms with E-state index < -0.39 is 11.7 Å². The van der Waals surface area contributed by atoms with E-state index in [0.717, 1.165) is 68.0 Å². The van der Waals surface area contributed by atoms with Gasteiger partial charge in [-0.25, -0.2) is 9.98 Å². The van der Waals surface area contributed by atoms with Crippen molar-refractivity contribution in [1.82, 2.24) is 14.5 Å². The van der Waals surface area contributed by atoms with Crippen LogP contribution in [0.5, 0.6) is 0 Å². The highest BCUT2D eigenvalue weighted by Crippen LogP contribution is 2.52. The number of aliphatic imine (C=N–C) groups is 2. The number of hydrogen-bond donors (Lipinski definition) is 1. The van der Waals surface area contributed by atoms with E-state index >= 15 is 0 Å². The summed E-state index contributed by atoms with van der Waals surface area (Å²) in [5, 5.41) is 13.7. The first-order valence-electron chi connectivity index (χ1n) is 24.4. The summed E-state index contributed by atoms with van der Waals surface area (Å²) in [6.07, 6.45) is 7.93. The third kappa shape index (κ3) is 5.67. The number of amidine groups is 2. The van der Waals surface area contributed by atoms with Gasteiger partial charge < -0.3 is 18.9 Å². The van der Waals surface area contributed by atoms with E-state index in [9.17, 15) is 0 Å². The number of para-hydroxylation sites is 3. The van der Waals surface area contributed by atoms with Crippen molar-refractivity contribution < 1.29 is 4.42 Å². The van der Waals surface area contributed by atoms with E-state index in [-0.39, 0.29) is 0 Å². The van der Waals surface area contributed by atoms with E-state index in [1.807, 2.05) is 11.3 Å². The monoisotopic (exact) mass is 919 g/mol. The molecular weight excluding hydrogens is 875 g/mol. The molecule has 1 N–H and O–H groups in total. The molecular formula is C63H45N5OS. The molecule has 3 aliphatic rings. The quantitative estimate of drug-likeness (QED) is 0.187. The van der Waals surface area contributed by atoms with Crippen molar-refractivity contribution in [2.45, 2.75) is 44.3 Å². The fourth-order valence-corrected chi connectivity index (χ4v) is 13.6. The van der Waals surface area contributed by atoms with E-state index in [2.05, 4.69) is 222 Å². The Kier molecular flexibility index (Phi) is 8.43. The van der Waals surface area contributed by atoms with Crippen LogP contribution in [-0.4, -0.2) is 20.8 Å². The lowest BCUT2D eigenvalue weighted by Gasteiger charge is -2.39. The summed E-state index contributed by atoms with van der Waals surface area (Å²) < 4.78 is 14.6. The number of thiophene rings is 1. The Hall–Kier alpha value is -8.26. The minimum absolute atomic E-state index is 0.295. The van der Waals surface area contributed by atoms with Crippen molar-refractivity contribution in [3.05, 3.63) is 221 Å². The highest BCUT2D eigenvalue weighted by Gasteiger charge is 2.45. The molecule has 3 atom stereocenters. The van der Waals surface area contributed by atoms with Crippen LogP contribution >= 0.6 is 11.3 Å². The van der Waals surface area contributed by atoms with Crippen LogP contribution in [0.1, 0.15) is 72.5 Å². The minimum atomic E-state index is -0.582. The predicted octanol–water partition coefficient (Wildman–Crippen LogP) is 16.2. The lowest BCUT2D eigenvalue weighted by molar-refractivity contribution is 0.399. The molecule has 0 bridgehead atoms. The first-order valence-corrected chi connectivity index (χ1v) is 25.2.